The number of anilines is 1. The van der Waals surface area contributed by atoms with Crippen molar-refractivity contribution in [1.29, 1.82) is 0 Å². The molecular weight excluding hydrogens is 504 g/mol. The molecule has 2 heterocycles. The van der Waals surface area contributed by atoms with E-state index >= 15 is 0 Å². The summed E-state index contributed by atoms with van der Waals surface area (Å²) in [5.74, 6) is 1.44. The van der Waals surface area contributed by atoms with Crippen molar-refractivity contribution < 1.29 is 27.1 Å². The van der Waals surface area contributed by atoms with Crippen LogP contribution in [0.3, 0.4) is 0 Å². The molecule has 198 valence electrons. The lowest BCUT2D eigenvalue weighted by Crippen LogP contribution is -2.35. The highest BCUT2D eigenvalue weighted by Crippen LogP contribution is 2.42. The predicted octanol–water partition coefficient (Wildman–Crippen LogP) is 5.81. The third-order valence-corrected chi connectivity index (χ3v) is 7.78. The van der Waals surface area contributed by atoms with Crippen molar-refractivity contribution in [3.63, 3.8) is 0 Å². The van der Waals surface area contributed by atoms with Crippen LogP contribution in [0, 0.1) is 6.92 Å². The van der Waals surface area contributed by atoms with Crippen LogP contribution in [-0.4, -0.2) is 40.3 Å². The molecule has 9 heteroatoms. The number of furan rings is 1. The number of hydrogen-bond acceptors (Lipinski definition) is 6. The number of nitrogens with zero attached hydrogens (tertiary/aromatic N) is 1. The van der Waals surface area contributed by atoms with Crippen LogP contribution >= 0.6 is 0 Å². The summed E-state index contributed by atoms with van der Waals surface area (Å²) in [5.41, 5.74) is 3.77. The summed E-state index contributed by atoms with van der Waals surface area (Å²) < 4.78 is 44.9. The third-order valence-electron chi connectivity index (χ3n) is 6.63. The van der Waals surface area contributed by atoms with E-state index in [9.17, 15) is 13.2 Å². The lowest BCUT2D eigenvalue weighted by Gasteiger charge is -2.23. The number of amides is 1. The van der Waals surface area contributed by atoms with E-state index in [4.69, 9.17) is 13.9 Å². The van der Waals surface area contributed by atoms with Crippen LogP contribution in [0.15, 0.2) is 65.1 Å². The Hall–Kier alpha value is -3.82. The van der Waals surface area contributed by atoms with Gasteiger partial charge in [0.05, 0.1) is 36.3 Å². The van der Waals surface area contributed by atoms with Crippen LogP contribution in [0.4, 0.5) is 5.69 Å². The SMILES string of the molecule is CNC(=O)c1c(-c2ccc(Oc3ccc(C)cc3)cc2)oc2cc3c(cc12)C(C)OC(C)CN3S(C)(=O)=O. The smallest absolute Gasteiger partial charge is 0.255 e. The van der Waals surface area contributed by atoms with Crippen LogP contribution in [0.2, 0.25) is 0 Å². The van der Waals surface area contributed by atoms with E-state index in [2.05, 4.69) is 5.32 Å². The van der Waals surface area contributed by atoms with Gasteiger partial charge in [-0.05, 0) is 63.2 Å². The maximum atomic E-state index is 13.1. The molecule has 0 aliphatic carbocycles. The van der Waals surface area contributed by atoms with Crippen molar-refractivity contribution in [3.05, 3.63) is 77.4 Å². The van der Waals surface area contributed by atoms with Gasteiger partial charge in [-0.25, -0.2) is 8.42 Å². The zero-order chi connectivity index (χ0) is 27.2. The Morgan fingerprint density at radius 1 is 1.03 bits per heavy atom. The van der Waals surface area contributed by atoms with Crippen LogP contribution in [0.5, 0.6) is 11.5 Å². The number of hydrogen-bond donors (Lipinski definition) is 1. The molecule has 1 amide bonds. The number of rotatable bonds is 5. The van der Waals surface area contributed by atoms with E-state index in [0.717, 1.165) is 11.3 Å². The fraction of sp³-hybridized carbons (Fsp3) is 0.276. The minimum atomic E-state index is -3.58. The molecular formula is C29H30N2O6S. The molecule has 5 rings (SSSR count). The van der Waals surface area contributed by atoms with Crippen molar-refractivity contribution >= 4 is 32.6 Å². The molecule has 4 aromatic rings. The molecule has 1 aromatic heterocycles. The van der Waals surface area contributed by atoms with E-state index in [-0.39, 0.29) is 24.7 Å². The van der Waals surface area contributed by atoms with E-state index in [1.807, 2.05) is 69.3 Å². The van der Waals surface area contributed by atoms with Gasteiger partial charge in [0.1, 0.15) is 22.8 Å². The fourth-order valence-corrected chi connectivity index (χ4v) is 5.77. The Morgan fingerprint density at radius 2 is 1.66 bits per heavy atom. The van der Waals surface area contributed by atoms with Gasteiger partial charge >= 0.3 is 0 Å². The van der Waals surface area contributed by atoms with Crippen molar-refractivity contribution in [2.45, 2.75) is 33.0 Å². The molecule has 0 saturated heterocycles. The zero-order valence-electron chi connectivity index (χ0n) is 21.9. The average molecular weight is 535 g/mol. The summed E-state index contributed by atoms with van der Waals surface area (Å²) in [6.45, 7) is 5.91. The number of ether oxygens (including phenoxy) is 2. The van der Waals surface area contributed by atoms with E-state index in [1.54, 1.807) is 19.2 Å². The van der Waals surface area contributed by atoms with Crippen molar-refractivity contribution in [2.24, 2.45) is 0 Å². The van der Waals surface area contributed by atoms with Gasteiger partial charge in [-0.1, -0.05) is 17.7 Å². The second kappa shape index (κ2) is 9.81. The summed E-state index contributed by atoms with van der Waals surface area (Å²) >= 11 is 0. The summed E-state index contributed by atoms with van der Waals surface area (Å²) in [4.78, 5) is 13.1. The van der Waals surface area contributed by atoms with Gasteiger partial charge < -0.3 is 19.2 Å². The highest BCUT2D eigenvalue weighted by atomic mass is 32.2. The minimum absolute atomic E-state index is 0.181. The Kier molecular flexibility index (Phi) is 6.66. The number of carbonyl (C=O) groups is 1. The third kappa shape index (κ3) is 4.87. The van der Waals surface area contributed by atoms with Gasteiger partial charge in [0.2, 0.25) is 10.0 Å². The average Bonchev–Trinajstić information content (AvgIpc) is 3.19. The largest absolute Gasteiger partial charge is 0.457 e. The monoisotopic (exact) mass is 534 g/mol. The zero-order valence-corrected chi connectivity index (χ0v) is 22.8. The van der Waals surface area contributed by atoms with E-state index in [0.29, 0.717) is 44.9 Å². The van der Waals surface area contributed by atoms with Gasteiger partial charge in [-0.3, -0.25) is 9.10 Å². The normalized spacial score (nSPS) is 17.7. The maximum Gasteiger partial charge on any atom is 0.255 e. The Morgan fingerprint density at radius 3 is 2.26 bits per heavy atom. The topological polar surface area (TPSA) is 98.1 Å². The van der Waals surface area contributed by atoms with Crippen LogP contribution < -0.4 is 14.4 Å². The molecule has 0 radical (unpaired) electrons. The lowest BCUT2D eigenvalue weighted by molar-refractivity contribution is 0.0175. The van der Waals surface area contributed by atoms with E-state index in [1.165, 1.54) is 10.6 Å². The van der Waals surface area contributed by atoms with Crippen LogP contribution in [0.25, 0.3) is 22.3 Å². The molecule has 0 fully saturated rings. The van der Waals surface area contributed by atoms with E-state index < -0.39 is 10.0 Å². The van der Waals surface area contributed by atoms with Gasteiger partial charge in [-0.15, -0.1) is 0 Å². The quantitative estimate of drug-likeness (QED) is 0.347. The van der Waals surface area contributed by atoms with Gasteiger partial charge in [0.25, 0.3) is 5.91 Å². The highest BCUT2D eigenvalue weighted by molar-refractivity contribution is 7.92. The number of sulfonamides is 1. The summed E-state index contributed by atoms with van der Waals surface area (Å²) in [6.07, 6.45) is 0.478. The maximum absolute atomic E-state index is 13.1. The second-order valence-corrected chi connectivity index (χ2v) is 11.5. The number of nitrogens with one attached hydrogen (secondary N) is 1. The lowest BCUT2D eigenvalue weighted by atomic mass is 10.0. The number of benzene rings is 3. The Bertz CT molecular complexity index is 1610. The van der Waals surface area contributed by atoms with Crippen LogP contribution in [-0.2, 0) is 14.8 Å². The Balaban J connectivity index is 1.62. The molecule has 2 atom stereocenters. The molecule has 0 spiro atoms. The highest BCUT2D eigenvalue weighted by Gasteiger charge is 2.32. The Labute approximate surface area is 222 Å². The number of carbonyl (C=O) groups excluding carboxylic acids is 1. The standard InChI is InChI=1S/C29H30N2O6S/c1-17-6-10-21(11-7-17)36-22-12-8-20(9-13-22)28-27(29(32)30-4)24-14-23-19(3)35-18(2)16-31(38(5,33)34)25(23)15-26(24)37-28/h6-15,18-19H,16H2,1-5H3,(H,30,32). The minimum Gasteiger partial charge on any atom is -0.457 e. The molecule has 8 nitrogen and oxygen atoms in total. The summed E-state index contributed by atoms with van der Waals surface area (Å²) in [5, 5.41) is 3.28. The number of aryl methyl sites for hydroxylation is 1. The van der Waals surface area contributed by atoms with Crippen molar-refractivity contribution in [3.8, 4) is 22.8 Å². The molecule has 1 N–H and O–H groups in total. The molecule has 2 unspecified atom stereocenters. The molecule has 0 saturated carbocycles. The van der Waals surface area contributed by atoms with Crippen molar-refractivity contribution in [2.75, 3.05) is 24.2 Å². The second-order valence-electron chi connectivity index (χ2n) is 9.62. The van der Waals surface area contributed by atoms with Gasteiger partial charge in [0, 0.05) is 29.6 Å². The van der Waals surface area contributed by atoms with Crippen LogP contribution in [0.1, 0.15) is 41.4 Å². The molecule has 0 bridgehead atoms. The first-order valence-electron chi connectivity index (χ1n) is 12.4. The summed E-state index contributed by atoms with van der Waals surface area (Å²) in [6, 6.07) is 18.5. The number of fused-ring (bicyclic) bond motifs is 2. The van der Waals surface area contributed by atoms with Crippen molar-refractivity contribution in [1.82, 2.24) is 5.32 Å². The van der Waals surface area contributed by atoms with Gasteiger partial charge in [-0.2, -0.15) is 0 Å². The first kappa shape index (κ1) is 25.8. The first-order valence-corrected chi connectivity index (χ1v) is 14.2. The predicted molar refractivity (Wildman–Crippen MR) is 147 cm³/mol. The molecule has 1 aliphatic heterocycles. The van der Waals surface area contributed by atoms with Gasteiger partial charge in [0.15, 0.2) is 0 Å². The molecule has 1 aliphatic rings. The fourth-order valence-electron chi connectivity index (χ4n) is 4.77. The summed E-state index contributed by atoms with van der Waals surface area (Å²) in [7, 11) is -2.02. The first-order chi connectivity index (χ1) is 18.0. The molecule has 3 aromatic carbocycles. The molecule has 38 heavy (non-hydrogen) atoms.